The van der Waals surface area contributed by atoms with E-state index in [1.54, 1.807) is 23.6 Å². The van der Waals surface area contributed by atoms with E-state index < -0.39 is 19.7 Å². The molecular weight excluding hydrogens is 719 g/mol. The maximum atomic E-state index is 16.4. The fourth-order valence-electron chi connectivity index (χ4n) is 6.94. The first-order valence-corrected chi connectivity index (χ1v) is 23.2. The molecule has 55 heavy (non-hydrogen) atoms. The van der Waals surface area contributed by atoms with E-state index in [2.05, 4.69) is 39.5 Å². The molecule has 0 spiro atoms. The van der Waals surface area contributed by atoms with E-state index in [0.717, 1.165) is 68.1 Å². The van der Waals surface area contributed by atoms with Gasteiger partial charge in [-0.15, -0.1) is 0 Å². The molecule has 0 unspecified atom stereocenters. The Balaban J connectivity index is 1.17. The molecule has 0 bridgehead atoms. The number of imidazole rings is 1. The molecule has 0 radical (unpaired) electrons. The molecule has 2 heterocycles. The lowest BCUT2D eigenvalue weighted by molar-refractivity contribution is -0.144. The van der Waals surface area contributed by atoms with Crippen molar-refractivity contribution in [1.82, 2.24) is 14.5 Å². The van der Waals surface area contributed by atoms with Gasteiger partial charge in [0.2, 0.25) is 0 Å². The largest absolute Gasteiger partial charge is 0.466 e. The van der Waals surface area contributed by atoms with Crippen molar-refractivity contribution in [1.29, 1.82) is 0 Å². The number of esters is 1. The number of hydrogen-bond acceptors (Lipinski definition) is 7. The predicted molar refractivity (Wildman–Crippen MR) is 217 cm³/mol. The number of nitrogens with two attached hydrogens (primary N) is 1. The number of fused-ring (bicyclic) bond motifs is 1. The highest BCUT2D eigenvalue weighted by Gasteiger charge is 2.28. The van der Waals surface area contributed by atoms with Gasteiger partial charge in [0.05, 0.1) is 24.2 Å². The Morgan fingerprint density at radius 1 is 1.00 bits per heavy atom. The van der Waals surface area contributed by atoms with Crippen molar-refractivity contribution in [2.75, 3.05) is 39.4 Å². The lowest BCUT2D eigenvalue weighted by atomic mass is 9.85. The number of carbonyl (C=O) groups excluding carboxylic acids is 1. The molecule has 13 heteroatoms. The van der Waals surface area contributed by atoms with Crippen molar-refractivity contribution in [3.8, 4) is 28.3 Å². The third kappa shape index (κ3) is 10.6. The van der Waals surface area contributed by atoms with Gasteiger partial charge in [0.15, 0.2) is 5.82 Å². The molecule has 6 rings (SSSR count). The number of likely N-dealkylation sites (tertiary alicyclic amines) is 1. The summed E-state index contributed by atoms with van der Waals surface area (Å²) < 4.78 is 51.6. The minimum atomic E-state index is -1.36. The summed E-state index contributed by atoms with van der Waals surface area (Å²) in [7, 11) is -1.36. The number of nitrogens with zero attached hydrogens (tertiary/aromatic N) is 5. The van der Waals surface area contributed by atoms with Gasteiger partial charge < -0.3 is 24.8 Å². The quantitative estimate of drug-likeness (QED) is 0.0378. The van der Waals surface area contributed by atoms with Crippen molar-refractivity contribution >= 4 is 37.3 Å². The Bertz CT molecular complexity index is 1970. The number of halogens is 2. The number of aliphatic imine (C=N–C) groups is 2. The van der Waals surface area contributed by atoms with Crippen LogP contribution in [0.3, 0.4) is 0 Å². The van der Waals surface area contributed by atoms with Gasteiger partial charge in [-0.3, -0.25) is 14.4 Å². The highest BCUT2D eigenvalue weighted by Crippen LogP contribution is 2.36. The van der Waals surface area contributed by atoms with Crippen LogP contribution in [0.15, 0.2) is 64.6 Å². The molecule has 1 saturated carbocycles. The van der Waals surface area contributed by atoms with Gasteiger partial charge in [-0.05, 0) is 80.8 Å². The van der Waals surface area contributed by atoms with Crippen LogP contribution in [0.5, 0.6) is 6.01 Å². The second-order valence-electron chi connectivity index (χ2n) is 15.7. The van der Waals surface area contributed by atoms with E-state index in [9.17, 15) is 4.79 Å². The molecule has 2 N–H and O–H groups in total. The van der Waals surface area contributed by atoms with E-state index in [4.69, 9.17) is 19.9 Å². The van der Waals surface area contributed by atoms with Crippen LogP contribution in [0, 0.1) is 17.6 Å². The summed E-state index contributed by atoms with van der Waals surface area (Å²) in [4.78, 5) is 27.6. The molecule has 3 aromatic carbocycles. The van der Waals surface area contributed by atoms with E-state index in [1.807, 2.05) is 36.4 Å². The van der Waals surface area contributed by atoms with Gasteiger partial charge in [-0.1, -0.05) is 68.2 Å². The summed E-state index contributed by atoms with van der Waals surface area (Å²) in [5.41, 5.74) is 9.31. The first kappa shape index (κ1) is 40.2. The zero-order chi connectivity index (χ0) is 39.0. The molecule has 4 aromatic rings. The SMILES string of the molecule is CCOC(=O)CC1CCC(Oc2nc3c(F)c(-c4ccc(-c5ccc(C(N)=NC=NCCN6CCC6)cc5)cc4)c(F)cc3n2COCC[Si](C)(C)C)CC1. The first-order chi connectivity index (χ1) is 26.5. The molecule has 1 aliphatic heterocycles. The lowest BCUT2D eigenvalue weighted by Crippen LogP contribution is -2.38. The van der Waals surface area contributed by atoms with E-state index in [0.29, 0.717) is 37.6 Å². The average Bonchev–Trinajstić information content (AvgIpc) is 3.48. The second-order valence-corrected chi connectivity index (χ2v) is 21.4. The maximum Gasteiger partial charge on any atom is 0.306 e. The number of benzene rings is 3. The van der Waals surface area contributed by atoms with Gasteiger partial charge in [-0.25, -0.2) is 13.8 Å². The number of hydrogen-bond donors (Lipinski definition) is 1. The summed E-state index contributed by atoms with van der Waals surface area (Å²) in [6, 6.07) is 17.2. The Morgan fingerprint density at radius 3 is 2.31 bits per heavy atom. The topological polar surface area (TPSA) is 117 Å². The average molecular weight is 773 g/mol. The van der Waals surface area contributed by atoms with Crippen LogP contribution in [-0.4, -0.2) is 86.2 Å². The standard InChI is InChI=1S/C42H54F2N6O4Si/c1-5-53-37(51)25-29-7-17-34(18-8-29)54-42-48-40-36(50(42)28-52-23-24-55(2,3)4)26-35(43)38(39(40)44)32-13-9-30(10-14-32)31-11-15-33(16-12-31)41(45)47-27-46-19-22-49-20-6-21-49/h9-16,26-27,29,34H,5-8,17-25,28H2,1-4H3,(H2,45,46,47). The number of aromatic nitrogens is 2. The molecule has 1 saturated heterocycles. The molecular formula is C42H54F2N6O4Si. The molecule has 2 aliphatic rings. The van der Waals surface area contributed by atoms with Gasteiger partial charge in [0.1, 0.15) is 36.3 Å². The number of carbonyl (C=O) groups is 1. The normalized spacial score (nSPS) is 18.2. The molecule has 2 fully saturated rings. The summed E-state index contributed by atoms with van der Waals surface area (Å²) in [5.74, 6) is -1.02. The highest BCUT2D eigenvalue weighted by molar-refractivity contribution is 6.76. The molecule has 294 valence electrons. The zero-order valence-electron chi connectivity index (χ0n) is 32.5. The van der Waals surface area contributed by atoms with E-state index >= 15 is 8.78 Å². The Labute approximate surface area is 323 Å². The predicted octanol–water partition coefficient (Wildman–Crippen LogP) is 8.29. The molecule has 0 atom stereocenters. The molecule has 1 aliphatic carbocycles. The number of ether oxygens (including phenoxy) is 3. The van der Waals surface area contributed by atoms with Crippen LogP contribution < -0.4 is 10.5 Å². The molecule has 10 nitrogen and oxygen atoms in total. The van der Waals surface area contributed by atoms with Crippen LogP contribution in [-0.2, 0) is 21.0 Å². The van der Waals surface area contributed by atoms with Crippen LogP contribution in [0.4, 0.5) is 8.78 Å². The minimum absolute atomic E-state index is 0.0243. The van der Waals surface area contributed by atoms with Crippen molar-refractivity contribution < 1.29 is 27.8 Å². The van der Waals surface area contributed by atoms with Gasteiger partial charge in [-0.2, -0.15) is 4.98 Å². The van der Waals surface area contributed by atoms with Crippen LogP contribution in [0.1, 0.15) is 51.0 Å². The molecule has 0 amide bonds. The first-order valence-electron chi connectivity index (χ1n) is 19.5. The zero-order valence-corrected chi connectivity index (χ0v) is 33.5. The number of amidine groups is 1. The van der Waals surface area contributed by atoms with E-state index in [1.165, 1.54) is 18.8 Å². The van der Waals surface area contributed by atoms with Crippen LogP contribution >= 0.6 is 0 Å². The maximum absolute atomic E-state index is 16.4. The summed E-state index contributed by atoms with van der Waals surface area (Å²) in [6.07, 6.45) is 6.04. The van der Waals surface area contributed by atoms with Gasteiger partial charge in [0, 0.05) is 39.3 Å². The second kappa shape index (κ2) is 18.4. The minimum Gasteiger partial charge on any atom is -0.466 e. The lowest BCUT2D eigenvalue weighted by Gasteiger charge is -2.29. The van der Waals surface area contributed by atoms with Crippen LogP contribution in [0.2, 0.25) is 25.7 Å². The Kier molecular flexibility index (Phi) is 13.5. The monoisotopic (exact) mass is 772 g/mol. The third-order valence-electron chi connectivity index (χ3n) is 10.4. The van der Waals surface area contributed by atoms with E-state index in [-0.39, 0.29) is 47.3 Å². The Morgan fingerprint density at radius 2 is 1.67 bits per heavy atom. The fourth-order valence-corrected chi connectivity index (χ4v) is 7.70. The summed E-state index contributed by atoms with van der Waals surface area (Å²) in [6.45, 7) is 13.5. The summed E-state index contributed by atoms with van der Waals surface area (Å²) >= 11 is 0. The van der Waals surface area contributed by atoms with Crippen molar-refractivity contribution in [2.24, 2.45) is 21.6 Å². The van der Waals surface area contributed by atoms with Crippen molar-refractivity contribution in [3.05, 3.63) is 71.8 Å². The fraction of sp³-hybridized carbons (Fsp3) is 0.476. The highest BCUT2D eigenvalue weighted by atomic mass is 28.3. The van der Waals surface area contributed by atoms with Crippen LogP contribution in [0.25, 0.3) is 33.3 Å². The number of rotatable bonds is 17. The molecule has 1 aromatic heterocycles. The van der Waals surface area contributed by atoms with Crippen molar-refractivity contribution in [2.45, 2.75) is 84.0 Å². The van der Waals surface area contributed by atoms with Gasteiger partial charge in [0.25, 0.3) is 6.01 Å². The van der Waals surface area contributed by atoms with Gasteiger partial charge >= 0.3 is 5.97 Å². The van der Waals surface area contributed by atoms with Crippen molar-refractivity contribution in [3.63, 3.8) is 0 Å². The third-order valence-corrected chi connectivity index (χ3v) is 12.1. The smallest absolute Gasteiger partial charge is 0.306 e. The summed E-state index contributed by atoms with van der Waals surface area (Å²) in [5, 5.41) is 0. The Hall–Kier alpha value is -4.46.